The molecule has 2 aromatic carbocycles. The van der Waals surface area contributed by atoms with Gasteiger partial charge in [-0.15, -0.1) is 0 Å². The van der Waals surface area contributed by atoms with Gasteiger partial charge >= 0.3 is 0 Å². The summed E-state index contributed by atoms with van der Waals surface area (Å²) in [7, 11) is 0. The van der Waals surface area contributed by atoms with Gasteiger partial charge in [0.2, 0.25) is 0 Å². The first-order valence-corrected chi connectivity index (χ1v) is 6.13. The van der Waals surface area contributed by atoms with Crippen LogP contribution in [0, 0.1) is 0 Å². The molecule has 3 nitrogen and oxygen atoms in total. The molecule has 0 bridgehead atoms. The summed E-state index contributed by atoms with van der Waals surface area (Å²) < 4.78 is 0. The Labute approximate surface area is 106 Å². The van der Waals surface area contributed by atoms with Gasteiger partial charge in [0.25, 0.3) is 5.91 Å². The molecular formula is C15H16N2O. The van der Waals surface area contributed by atoms with Gasteiger partial charge in [-0.05, 0) is 23.8 Å². The van der Waals surface area contributed by atoms with Gasteiger partial charge in [-0.25, -0.2) is 0 Å². The quantitative estimate of drug-likeness (QED) is 0.828. The van der Waals surface area contributed by atoms with Crippen molar-refractivity contribution in [3.63, 3.8) is 0 Å². The molecule has 1 heterocycles. The Morgan fingerprint density at radius 3 is 2.56 bits per heavy atom. The lowest BCUT2D eigenvalue weighted by atomic mass is 9.92. The molecule has 0 aliphatic carbocycles. The highest BCUT2D eigenvalue weighted by Crippen LogP contribution is 2.24. The van der Waals surface area contributed by atoms with Crippen LogP contribution in [0.25, 0.3) is 10.8 Å². The van der Waals surface area contributed by atoms with Crippen molar-refractivity contribution in [3.8, 4) is 0 Å². The fourth-order valence-corrected chi connectivity index (χ4v) is 2.55. The van der Waals surface area contributed by atoms with Crippen molar-refractivity contribution in [1.29, 1.82) is 0 Å². The molecule has 0 unspecified atom stereocenters. The number of nitrogens with two attached hydrogens (primary N) is 1. The summed E-state index contributed by atoms with van der Waals surface area (Å²) in [5, 5.41) is 2.11. The molecule has 0 spiro atoms. The molecular weight excluding hydrogens is 224 g/mol. The van der Waals surface area contributed by atoms with Crippen LogP contribution in [-0.4, -0.2) is 29.4 Å². The average Bonchev–Trinajstić information content (AvgIpc) is 2.34. The van der Waals surface area contributed by atoms with E-state index in [1.807, 2.05) is 54.3 Å². The van der Waals surface area contributed by atoms with Gasteiger partial charge in [0.15, 0.2) is 0 Å². The summed E-state index contributed by atoms with van der Waals surface area (Å²) in [4.78, 5) is 14.2. The van der Waals surface area contributed by atoms with Crippen molar-refractivity contribution in [3.05, 3.63) is 48.0 Å². The van der Waals surface area contributed by atoms with Gasteiger partial charge < -0.3 is 10.6 Å². The van der Waals surface area contributed by atoms with Gasteiger partial charge in [-0.1, -0.05) is 36.4 Å². The number of amides is 1. The molecule has 1 aliphatic rings. The van der Waals surface area contributed by atoms with Gasteiger partial charge in [0, 0.05) is 24.2 Å². The number of likely N-dealkylation sites (tertiary alicyclic amines) is 1. The Balaban J connectivity index is 1.98. The first-order chi connectivity index (χ1) is 8.57. The number of carbonyl (C=O) groups is 1. The summed E-state index contributed by atoms with van der Waals surface area (Å²) in [6.45, 7) is 3.24. The maximum Gasteiger partial charge on any atom is 0.254 e. The van der Waals surface area contributed by atoms with Gasteiger partial charge in [0.1, 0.15) is 0 Å². The Bertz CT molecular complexity index is 605. The van der Waals surface area contributed by atoms with Crippen molar-refractivity contribution >= 4 is 16.7 Å². The van der Waals surface area contributed by atoms with Crippen molar-refractivity contribution in [2.75, 3.05) is 13.1 Å². The molecule has 0 atom stereocenters. The number of benzene rings is 2. The molecule has 18 heavy (non-hydrogen) atoms. The molecule has 1 amide bonds. The molecule has 0 aromatic heterocycles. The molecule has 1 fully saturated rings. The predicted octanol–water partition coefficient (Wildman–Crippen LogP) is 2.01. The molecule has 0 saturated carbocycles. The maximum absolute atomic E-state index is 12.4. The van der Waals surface area contributed by atoms with Crippen LogP contribution in [0.1, 0.15) is 17.3 Å². The number of fused-ring (bicyclic) bond motifs is 1. The normalized spacial score (nSPS) is 17.6. The molecule has 92 valence electrons. The molecule has 2 aromatic rings. The molecule has 3 rings (SSSR count). The Morgan fingerprint density at radius 2 is 1.83 bits per heavy atom. The fourth-order valence-electron chi connectivity index (χ4n) is 2.55. The Hall–Kier alpha value is -1.87. The minimum absolute atomic E-state index is 0.0784. The third kappa shape index (κ3) is 1.77. The van der Waals surface area contributed by atoms with E-state index >= 15 is 0 Å². The summed E-state index contributed by atoms with van der Waals surface area (Å²) in [5.41, 5.74) is 6.49. The summed E-state index contributed by atoms with van der Waals surface area (Å²) in [6.07, 6.45) is 0. The SMILES string of the molecule is CC1(N)CN(C(=O)c2cccc3ccccc23)C1. The van der Waals surface area contributed by atoms with Crippen LogP contribution in [0.4, 0.5) is 0 Å². The van der Waals surface area contributed by atoms with Crippen LogP contribution in [0.15, 0.2) is 42.5 Å². The lowest BCUT2D eigenvalue weighted by Crippen LogP contribution is -2.66. The lowest BCUT2D eigenvalue weighted by Gasteiger charge is -2.45. The van der Waals surface area contributed by atoms with Crippen LogP contribution >= 0.6 is 0 Å². The summed E-state index contributed by atoms with van der Waals surface area (Å²) >= 11 is 0. The monoisotopic (exact) mass is 240 g/mol. The Morgan fingerprint density at radius 1 is 1.17 bits per heavy atom. The molecule has 1 saturated heterocycles. The first kappa shape index (κ1) is 11.2. The van der Waals surface area contributed by atoms with Crippen molar-refractivity contribution in [2.24, 2.45) is 5.73 Å². The first-order valence-electron chi connectivity index (χ1n) is 6.13. The van der Waals surface area contributed by atoms with E-state index in [2.05, 4.69) is 0 Å². The number of nitrogens with zero attached hydrogens (tertiary/aromatic N) is 1. The second kappa shape index (κ2) is 3.82. The maximum atomic E-state index is 12.4. The Kier molecular flexibility index (Phi) is 2.38. The summed E-state index contributed by atoms with van der Waals surface area (Å²) in [5.74, 6) is 0.0784. The topological polar surface area (TPSA) is 46.3 Å². The highest BCUT2D eigenvalue weighted by molar-refractivity contribution is 6.07. The third-order valence-corrected chi connectivity index (χ3v) is 3.41. The number of hydrogen-bond donors (Lipinski definition) is 1. The largest absolute Gasteiger partial charge is 0.335 e. The summed E-state index contributed by atoms with van der Waals surface area (Å²) in [6, 6.07) is 13.8. The lowest BCUT2D eigenvalue weighted by molar-refractivity contribution is 0.0456. The van der Waals surface area contributed by atoms with Crippen LogP contribution in [-0.2, 0) is 0 Å². The van der Waals surface area contributed by atoms with Gasteiger partial charge in [-0.2, -0.15) is 0 Å². The van der Waals surface area contributed by atoms with E-state index in [9.17, 15) is 4.79 Å². The van der Waals surface area contributed by atoms with E-state index in [0.717, 1.165) is 16.3 Å². The van der Waals surface area contributed by atoms with Crippen LogP contribution in [0.2, 0.25) is 0 Å². The van der Waals surface area contributed by atoms with Crippen molar-refractivity contribution in [1.82, 2.24) is 4.90 Å². The van der Waals surface area contributed by atoms with E-state index in [-0.39, 0.29) is 11.4 Å². The molecule has 3 heteroatoms. The van der Waals surface area contributed by atoms with E-state index in [1.165, 1.54) is 0 Å². The molecule has 2 N–H and O–H groups in total. The zero-order valence-corrected chi connectivity index (χ0v) is 10.4. The predicted molar refractivity (Wildman–Crippen MR) is 72.4 cm³/mol. The van der Waals surface area contributed by atoms with E-state index < -0.39 is 0 Å². The zero-order chi connectivity index (χ0) is 12.8. The number of rotatable bonds is 1. The number of carbonyl (C=O) groups excluding carboxylic acids is 1. The van der Waals surface area contributed by atoms with Crippen LogP contribution in [0.3, 0.4) is 0 Å². The highest BCUT2D eigenvalue weighted by Gasteiger charge is 2.38. The zero-order valence-electron chi connectivity index (χ0n) is 10.4. The van der Waals surface area contributed by atoms with Crippen LogP contribution < -0.4 is 5.73 Å². The number of hydrogen-bond acceptors (Lipinski definition) is 2. The smallest absolute Gasteiger partial charge is 0.254 e. The van der Waals surface area contributed by atoms with E-state index in [1.54, 1.807) is 0 Å². The van der Waals surface area contributed by atoms with Gasteiger partial charge in [-0.3, -0.25) is 4.79 Å². The standard InChI is InChI=1S/C15H16N2O/c1-15(16)9-17(10-15)14(18)13-8-4-6-11-5-2-3-7-12(11)13/h2-8H,9-10,16H2,1H3. The van der Waals surface area contributed by atoms with E-state index in [0.29, 0.717) is 13.1 Å². The van der Waals surface area contributed by atoms with E-state index in [4.69, 9.17) is 5.73 Å². The second-order valence-electron chi connectivity index (χ2n) is 5.34. The second-order valence-corrected chi connectivity index (χ2v) is 5.34. The third-order valence-electron chi connectivity index (χ3n) is 3.41. The average molecular weight is 240 g/mol. The van der Waals surface area contributed by atoms with Crippen molar-refractivity contribution < 1.29 is 4.79 Å². The molecule has 1 aliphatic heterocycles. The van der Waals surface area contributed by atoms with Crippen LogP contribution in [0.5, 0.6) is 0 Å². The fraction of sp³-hybridized carbons (Fsp3) is 0.267. The molecule has 0 radical (unpaired) electrons. The minimum Gasteiger partial charge on any atom is -0.335 e. The minimum atomic E-state index is -0.222. The van der Waals surface area contributed by atoms with Gasteiger partial charge in [0.05, 0.1) is 0 Å². The van der Waals surface area contributed by atoms with Crippen molar-refractivity contribution in [2.45, 2.75) is 12.5 Å². The highest BCUT2D eigenvalue weighted by atomic mass is 16.2.